The van der Waals surface area contributed by atoms with Crippen molar-refractivity contribution in [1.29, 1.82) is 0 Å². The molecule has 0 atom stereocenters. The van der Waals surface area contributed by atoms with Crippen LogP contribution in [0.1, 0.15) is 24.5 Å². The van der Waals surface area contributed by atoms with Gasteiger partial charge in [-0.05, 0) is 30.2 Å². The van der Waals surface area contributed by atoms with Crippen molar-refractivity contribution in [2.24, 2.45) is 5.16 Å². The smallest absolute Gasteiger partial charge is 0.307 e. The summed E-state index contributed by atoms with van der Waals surface area (Å²) in [6.45, 7) is 2.50. The topological polar surface area (TPSA) is 90.2 Å². The highest BCUT2D eigenvalue weighted by Gasteiger charge is 2.13. The zero-order valence-corrected chi connectivity index (χ0v) is 18.2. The van der Waals surface area contributed by atoms with E-state index in [2.05, 4.69) is 10.1 Å². The number of aliphatic carboxylic acids is 1. The van der Waals surface area contributed by atoms with E-state index in [-0.39, 0.29) is 19.6 Å². The Hall–Kier alpha value is -3.87. The summed E-state index contributed by atoms with van der Waals surface area (Å²) in [7, 11) is 1.49. The minimum absolute atomic E-state index is 0.139. The first-order valence-corrected chi connectivity index (χ1v) is 10.3. The number of carboxylic acid groups (broad SMARTS) is 1. The fourth-order valence-corrected chi connectivity index (χ4v) is 3.21. The normalized spacial score (nSPS) is 11.1. The van der Waals surface area contributed by atoms with Gasteiger partial charge >= 0.3 is 5.97 Å². The van der Waals surface area contributed by atoms with Crippen LogP contribution in [0.5, 0.6) is 11.5 Å². The molecule has 166 valence electrons. The van der Waals surface area contributed by atoms with E-state index >= 15 is 0 Å². The number of methoxy groups -OCH3 is 1. The van der Waals surface area contributed by atoms with Crippen LogP contribution in [-0.2, 0) is 16.1 Å². The number of carboxylic acids is 1. The lowest BCUT2D eigenvalue weighted by Crippen LogP contribution is -2.09. The third-order valence-corrected chi connectivity index (χ3v) is 4.73. The first kappa shape index (κ1) is 22.8. The van der Waals surface area contributed by atoms with Crippen LogP contribution >= 0.6 is 0 Å². The third kappa shape index (κ3) is 6.07. The molecule has 0 spiro atoms. The number of hydrogen-bond donors (Lipinski definition) is 1. The molecule has 1 heterocycles. The second-order valence-corrected chi connectivity index (χ2v) is 6.88. The van der Waals surface area contributed by atoms with Gasteiger partial charge in [0.1, 0.15) is 6.61 Å². The maximum atomic E-state index is 11.0. The Kier molecular flexibility index (Phi) is 8.20. The maximum Gasteiger partial charge on any atom is 0.307 e. The molecule has 1 N–H and O–H groups in total. The van der Waals surface area contributed by atoms with E-state index in [1.807, 2.05) is 49.4 Å². The molecule has 2 aromatic carbocycles. The summed E-state index contributed by atoms with van der Waals surface area (Å²) >= 11 is 0. The number of hydrogen-bond acceptors (Lipinski definition) is 6. The van der Waals surface area contributed by atoms with Crippen LogP contribution in [0.4, 0.5) is 0 Å². The SMILES string of the molecule is CCC(=NOCCOc1cccc(CC(=O)O)c1OC)c1ccc(-c2ccccn2)cc1. The lowest BCUT2D eigenvalue weighted by Gasteiger charge is -2.13. The zero-order valence-electron chi connectivity index (χ0n) is 18.2. The number of oxime groups is 1. The first-order chi connectivity index (χ1) is 15.6. The minimum atomic E-state index is -0.932. The highest BCUT2D eigenvalue weighted by Crippen LogP contribution is 2.31. The highest BCUT2D eigenvalue weighted by molar-refractivity contribution is 6.00. The van der Waals surface area contributed by atoms with Gasteiger partial charge in [0.2, 0.25) is 0 Å². The zero-order chi connectivity index (χ0) is 22.8. The molecule has 0 fully saturated rings. The highest BCUT2D eigenvalue weighted by atomic mass is 16.6. The number of ether oxygens (including phenoxy) is 2. The molecule has 0 aliphatic heterocycles. The molecule has 3 aromatic rings. The monoisotopic (exact) mass is 434 g/mol. The number of rotatable bonds is 11. The number of para-hydroxylation sites is 1. The molecule has 7 nitrogen and oxygen atoms in total. The largest absolute Gasteiger partial charge is 0.493 e. The van der Waals surface area contributed by atoms with Gasteiger partial charge in [0.25, 0.3) is 0 Å². The second-order valence-electron chi connectivity index (χ2n) is 6.88. The molecule has 0 bridgehead atoms. The van der Waals surface area contributed by atoms with Gasteiger partial charge < -0.3 is 19.4 Å². The molecule has 32 heavy (non-hydrogen) atoms. The van der Waals surface area contributed by atoms with Gasteiger partial charge in [-0.3, -0.25) is 9.78 Å². The van der Waals surface area contributed by atoms with Gasteiger partial charge in [-0.2, -0.15) is 0 Å². The Labute approximate surface area is 187 Å². The molecular formula is C25H26N2O5. The lowest BCUT2D eigenvalue weighted by molar-refractivity contribution is -0.136. The predicted molar refractivity (Wildman–Crippen MR) is 122 cm³/mol. The van der Waals surface area contributed by atoms with Gasteiger partial charge in [-0.25, -0.2) is 0 Å². The molecule has 0 unspecified atom stereocenters. The average molecular weight is 434 g/mol. The maximum absolute atomic E-state index is 11.0. The Morgan fingerprint density at radius 3 is 2.50 bits per heavy atom. The molecule has 0 saturated heterocycles. The minimum Gasteiger partial charge on any atom is -0.493 e. The van der Waals surface area contributed by atoms with Gasteiger partial charge in [0, 0.05) is 17.3 Å². The standard InChI is InChI=1S/C25H26N2O5/c1-3-21(18-10-12-19(13-11-18)22-8-4-5-14-26-22)27-32-16-15-31-23-9-6-7-20(17-24(28)29)25(23)30-2/h4-14H,3,15-17H2,1-2H3,(H,28,29). The van der Waals surface area contributed by atoms with Crippen molar-refractivity contribution in [2.45, 2.75) is 19.8 Å². The molecule has 0 radical (unpaired) electrons. The molecule has 0 saturated carbocycles. The quantitative estimate of drug-likeness (QED) is 0.270. The summed E-state index contributed by atoms with van der Waals surface area (Å²) in [6.07, 6.45) is 2.35. The Morgan fingerprint density at radius 2 is 1.84 bits per heavy atom. The van der Waals surface area contributed by atoms with Crippen molar-refractivity contribution in [3.05, 3.63) is 78.0 Å². The summed E-state index contributed by atoms with van der Waals surface area (Å²) in [5, 5.41) is 13.3. The Morgan fingerprint density at radius 1 is 1.03 bits per heavy atom. The van der Waals surface area contributed by atoms with Crippen molar-refractivity contribution in [1.82, 2.24) is 4.98 Å². The third-order valence-electron chi connectivity index (χ3n) is 4.73. The molecule has 0 aliphatic carbocycles. The van der Waals surface area contributed by atoms with Gasteiger partial charge in [-0.15, -0.1) is 0 Å². The van der Waals surface area contributed by atoms with E-state index in [0.29, 0.717) is 17.1 Å². The van der Waals surface area contributed by atoms with E-state index in [1.54, 1.807) is 24.4 Å². The molecule has 3 rings (SSSR count). The number of benzene rings is 2. The van der Waals surface area contributed by atoms with Crippen molar-refractivity contribution in [3.8, 4) is 22.8 Å². The van der Waals surface area contributed by atoms with Crippen molar-refractivity contribution in [2.75, 3.05) is 20.3 Å². The molecule has 0 amide bonds. The molecule has 0 aliphatic rings. The van der Waals surface area contributed by atoms with Crippen LogP contribution in [-0.4, -0.2) is 42.1 Å². The lowest BCUT2D eigenvalue weighted by atomic mass is 10.0. The summed E-state index contributed by atoms with van der Waals surface area (Å²) in [5.74, 6) is -0.0430. The Balaban J connectivity index is 1.57. The predicted octanol–water partition coefficient (Wildman–Crippen LogP) is 4.59. The molecule has 7 heteroatoms. The fourth-order valence-electron chi connectivity index (χ4n) is 3.21. The number of carbonyl (C=O) groups is 1. The van der Waals surface area contributed by atoms with E-state index in [4.69, 9.17) is 19.4 Å². The van der Waals surface area contributed by atoms with E-state index in [1.165, 1.54) is 7.11 Å². The van der Waals surface area contributed by atoms with E-state index in [0.717, 1.165) is 29.0 Å². The summed E-state index contributed by atoms with van der Waals surface area (Å²) < 4.78 is 11.0. The summed E-state index contributed by atoms with van der Waals surface area (Å²) in [5.41, 5.74) is 4.33. The van der Waals surface area contributed by atoms with Crippen molar-refractivity contribution < 1.29 is 24.2 Å². The van der Waals surface area contributed by atoms with Crippen molar-refractivity contribution >= 4 is 11.7 Å². The van der Waals surface area contributed by atoms with Crippen LogP contribution in [0.2, 0.25) is 0 Å². The van der Waals surface area contributed by atoms with Crippen LogP contribution in [0.3, 0.4) is 0 Å². The van der Waals surface area contributed by atoms with Gasteiger partial charge in [-0.1, -0.05) is 54.5 Å². The van der Waals surface area contributed by atoms with Crippen molar-refractivity contribution in [3.63, 3.8) is 0 Å². The van der Waals surface area contributed by atoms with Gasteiger partial charge in [0.05, 0.1) is 24.9 Å². The van der Waals surface area contributed by atoms with Crippen LogP contribution < -0.4 is 9.47 Å². The van der Waals surface area contributed by atoms with E-state index in [9.17, 15) is 4.79 Å². The first-order valence-electron chi connectivity index (χ1n) is 10.3. The summed E-state index contributed by atoms with van der Waals surface area (Å²) in [4.78, 5) is 20.8. The molecule has 1 aromatic heterocycles. The fraction of sp³-hybridized carbons (Fsp3) is 0.240. The number of aromatic nitrogens is 1. The second kappa shape index (κ2) is 11.5. The molecular weight excluding hydrogens is 408 g/mol. The van der Waals surface area contributed by atoms with Crippen LogP contribution in [0.15, 0.2) is 72.0 Å². The van der Waals surface area contributed by atoms with Crippen LogP contribution in [0.25, 0.3) is 11.3 Å². The number of nitrogens with zero attached hydrogens (tertiary/aromatic N) is 2. The average Bonchev–Trinajstić information content (AvgIpc) is 2.82. The number of pyridine rings is 1. The van der Waals surface area contributed by atoms with Crippen LogP contribution in [0, 0.1) is 0 Å². The van der Waals surface area contributed by atoms with Gasteiger partial charge in [0.15, 0.2) is 18.1 Å². The van der Waals surface area contributed by atoms with E-state index < -0.39 is 5.97 Å². The Bertz CT molecular complexity index is 1050. The summed E-state index contributed by atoms with van der Waals surface area (Å²) in [6, 6.07) is 19.0.